The molecule has 6 rings (SSSR count). The molecule has 43 heavy (non-hydrogen) atoms. The van der Waals surface area contributed by atoms with E-state index in [9.17, 15) is 18.3 Å². The molecule has 0 spiro atoms. The van der Waals surface area contributed by atoms with Gasteiger partial charge in [-0.05, 0) is 111 Å². The topological polar surface area (TPSA) is 93.1 Å². The van der Waals surface area contributed by atoms with Crippen LogP contribution in [0.1, 0.15) is 62.0 Å². The molecule has 0 fully saturated rings. The van der Waals surface area contributed by atoms with Gasteiger partial charge in [-0.2, -0.15) is 0 Å². The lowest BCUT2D eigenvalue weighted by Crippen LogP contribution is -2.37. The number of aliphatic carboxylic acids is 1. The van der Waals surface area contributed by atoms with Crippen molar-refractivity contribution in [3.05, 3.63) is 89.0 Å². The number of carboxylic acids is 1. The summed E-state index contributed by atoms with van der Waals surface area (Å²) in [6.07, 6.45) is 1.58. The number of ether oxygens (including phenoxy) is 2. The number of sulfonamides is 1. The first-order chi connectivity index (χ1) is 20.5. The van der Waals surface area contributed by atoms with Gasteiger partial charge in [0.1, 0.15) is 5.75 Å². The molecule has 2 aliphatic heterocycles. The first kappa shape index (κ1) is 29.2. The predicted octanol–water partition coefficient (Wildman–Crippen LogP) is 7.22. The lowest BCUT2D eigenvalue weighted by atomic mass is 9.83. The van der Waals surface area contributed by atoms with E-state index >= 15 is 0 Å². The van der Waals surface area contributed by atoms with Crippen molar-refractivity contribution in [3.63, 3.8) is 0 Å². The Hall–Kier alpha value is -3.88. The molecule has 0 amide bonds. The van der Waals surface area contributed by atoms with Crippen molar-refractivity contribution >= 4 is 32.5 Å². The third-order valence-corrected chi connectivity index (χ3v) is 10.1. The Labute approximate surface area is 253 Å². The molecule has 2 aliphatic rings. The molecule has 1 atom stereocenters. The lowest BCUT2D eigenvalue weighted by molar-refractivity contribution is -0.160. The van der Waals surface area contributed by atoms with Gasteiger partial charge in [-0.15, -0.1) is 0 Å². The quantitative estimate of drug-likeness (QED) is 0.252. The molecule has 0 aliphatic carbocycles. The second-order valence-electron chi connectivity index (χ2n) is 12.4. The van der Waals surface area contributed by atoms with Gasteiger partial charge in [0.15, 0.2) is 6.10 Å². The zero-order chi connectivity index (χ0) is 30.5. The van der Waals surface area contributed by atoms with E-state index in [1.165, 1.54) is 4.31 Å². The van der Waals surface area contributed by atoms with Crippen molar-refractivity contribution < 1.29 is 27.8 Å². The number of benzene rings is 4. The van der Waals surface area contributed by atoms with Crippen LogP contribution in [0.4, 0.5) is 5.69 Å². The Morgan fingerprint density at radius 3 is 2.53 bits per heavy atom. The molecule has 1 N–H and O–H groups in total. The Kier molecular flexibility index (Phi) is 7.47. The van der Waals surface area contributed by atoms with E-state index in [2.05, 4.69) is 6.07 Å². The monoisotopic (exact) mass is 599 g/mol. The van der Waals surface area contributed by atoms with Crippen LogP contribution in [0.3, 0.4) is 0 Å². The minimum atomic E-state index is -3.98. The number of aryl methyl sites for hydroxylation is 2. The molecule has 0 aromatic heterocycles. The van der Waals surface area contributed by atoms with Crippen LogP contribution in [0.25, 0.3) is 21.9 Å². The molecular weight excluding hydrogens is 562 g/mol. The second-order valence-corrected chi connectivity index (χ2v) is 14.2. The highest BCUT2D eigenvalue weighted by molar-refractivity contribution is 7.93. The van der Waals surface area contributed by atoms with E-state index in [0.717, 1.165) is 46.2 Å². The molecular formula is C35H37NO6S. The number of carboxylic acid groups (broad SMARTS) is 1. The maximum absolute atomic E-state index is 14.4. The van der Waals surface area contributed by atoms with Crippen LogP contribution in [0.15, 0.2) is 71.6 Å². The zero-order valence-corrected chi connectivity index (χ0v) is 25.8. The first-order valence-corrected chi connectivity index (χ1v) is 16.2. The van der Waals surface area contributed by atoms with Gasteiger partial charge >= 0.3 is 5.97 Å². The number of hydrogen-bond donors (Lipinski definition) is 1. The van der Waals surface area contributed by atoms with Crippen molar-refractivity contribution in [3.8, 4) is 16.9 Å². The third-order valence-electron chi connectivity index (χ3n) is 8.18. The molecule has 2 heterocycles. The fourth-order valence-electron chi connectivity index (χ4n) is 6.43. The van der Waals surface area contributed by atoms with Crippen molar-refractivity contribution in [2.75, 3.05) is 17.5 Å². The van der Waals surface area contributed by atoms with Gasteiger partial charge in [-0.25, -0.2) is 13.2 Å². The minimum absolute atomic E-state index is 0.233. The molecule has 0 bridgehead atoms. The number of rotatable bonds is 6. The highest BCUT2D eigenvalue weighted by atomic mass is 32.2. The number of fused-ring (bicyclic) bond motifs is 3. The Morgan fingerprint density at radius 1 is 1.00 bits per heavy atom. The summed E-state index contributed by atoms with van der Waals surface area (Å²) < 4.78 is 42.4. The lowest BCUT2D eigenvalue weighted by Gasteiger charge is -2.36. The normalized spacial score (nSPS) is 15.9. The average Bonchev–Trinajstić information content (AvgIpc) is 2.98. The smallest absolute Gasteiger partial charge is 0.337 e. The standard InChI is InChI=1S/C35H37NO6S/c1-22-20-28-27(14-8-18-36(28)43(39,40)30-15-7-11-23-10-5-6-13-26(23)30)32(33(34(37)38)42-35(2,3)4)31(22)25-16-17-29-24(21-25)12-9-19-41-29/h5-7,10-11,13,15-17,20-21,33H,8-9,12,14,18-19H2,1-4H3,(H,37,38). The van der Waals surface area contributed by atoms with Gasteiger partial charge in [0.05, 0.1) is 22.8 Å². The molecule has 4 aromatic carbocycles. The zero-order valence-electron chi connectivity index (χ0n) is 25.0. The summed E-state index contributed by atoms with van der Waals surface area (Å²) >= 11 is 0. The minimum Gasteiger partial charge on any atom is -0.493 e. The Morgan fingerprint density at radius 2 is 1.77 bits per heavy atom. The van der Waals surface area contributed by atoms with Crippen molar-refractivity contribution in [1.29, 1.82) is 0 Å². The molecule has 0 saturated heterocycles. The Balaban J connectivity index is 1.60. The van der Waals surface area contributed by atoms with Gasteiger partial charge < -0.3 is 14.6 Å². The van der Waals surface area contributed by atoms with Crippen LogP contribution >= 0.6 is 0 Å². The summed E-state index contributed by atoms with van der Waals surface area (Å²) in [6, 6.07) is 20.7. The summed E-state index contributed by atoms with van der Waals surface area (Å²) in [7, 11) is -3.98. The fraction of sp³-hybridized carbons (Fsp3) is 0.343. The average molecular weight is 600 g/mol. The summed E-state index contributed by atoms with van der Waals surface area (Å²) in [5.41, 5.74) is 4.48. The van der Waals surface area contributed by atoms with Crippen molar-refractivity contribution in [1.82, 2.24) is 0 Å². The molecule has 0 radical (unpaired) electrons. The molecule has 224 valence electrons. The predicted molar refractivity (Wildman–Crippen MR) is 168 cm³/mol. The molecule has 7 nitrogen and oxygen atoms in total. The van der Waals surface area contributed by atoms with Gasteiger partial charge in [0.2, 0.25) is 0 Å². The van der Waals surface area contributed by atoms with Crippen molar-refractivity contribution in [2.45, 2.75) is 70.0 Å². The van der Waals surface area contributed by atoms with Crippen LogP contribution in [-0.2, 0) is 32.4 Å². The van der Waals surface area contributed by atoms with Crippen molar-refractivity contribution in [2.24, 2.45) is 0 Å². The van der Waals surface area contributed by atoms with Gasteiger partial charge in [0.25, 0.3) is 10.0 Å². The third kappa shape index (κ3) is 5.38. The molecule has 1 unspecified atom stereocenters. The van der Waals surface area contributed by atoms with E-state index in [0.29, 0.717) is 48.2 Å². The highest BCUT2D eigenvalue weighted by Crippen LogP contribution is 2.46. The van der Waals surface area contributed by atoms with E-state index in [1.54, 1.807) is 12.1 Å². The summed E-state index contributed by atoms with van der Waals surface area (Å²) in [4.78, 5) is 13.2. The van der Waals surface area contributed by atoms with E-state index in [-0.39, 0.29) is 4.90 Å². The summed E-state index contributed by atoms with van der Waals surface area (Å²) in [5.74, 6) is -0.264. The van der Waals surface area contributed by atoms with Gasteiger partial charge in [-0.3, -0.25) is 4.31 Å². The largest absolute Gasteiger partial charge is 0.493 e. The number of anilines is 1. The van der Waals surface area contributed by atoms with Crippen LogP contribution in [0.2, 0.25) is 0 Å². The van der Waals surface area contributed by atoms with Gasteiger partial charge in [-0.1, -0.05) is 42.5 Å². The molecule has 8 heteroatoms. The van der Waals surface area contributed by atoms with Gasteiger partial charge in [0, 0.05) is 17.5 Å². The molecule has 4 aromatic rings. The first-order valence-electron chi connectivity index (χ1n) is 14.8. The maximum atomic E-state index is 14.4. The van der Waals surface area contributed by atoms with Crippen LogP contribution in [0.5, 0.6) is 5.75 Å². The highest BCUT2D eigenvalue weighted by Gasteiger charge is 2.38. The number of carbonyl (C=O) groups is 1. The van der Waals surface area contributed by atoms with Crippen LogP contribution in [0, 0.1) is 6.92 Å². The summed E-state index contributed by atoms with van der Waals surface area (Å²) in [5, 5.41) is 12.1. The van der Waals surface area contributed by atoms with Crippen LogP contribution in [-0.4, -0.2) is 38.2 Å². The molecule has 0 saturated carbocycles. The van der Waals surface area contributed by atoms with E-state index in [1.807, 2.05) is 76.2 Å². The number of nitrogens with zero attached hydrogens (tertiary/aromatic N) is 1. The fourth-order valence-corrected chi connectivity index (χ4v) is 8.18. The second kappa shape index (κ2) is 11.0. The van der Waals surface area contributed by atoms with Crippen LogP contribution < -0.4 is 9.04 Å². The van der Waals surface area contributed by atoms with E-state index in [4.69, 9.17) is 9.47 Å². The maximum Gasteiger partial charge on any atom is 0.337 e. The SMILES string of the molecule is Cc1cc2c(c(C(OC(C)(C)C)C(=O)O)c1-c1ccc3c(c1)CCCO3)CCCN2S(=O)(=O)c1cccc2ccccc12. The van der Waals surface area contributed by atoms with E-state index < -0.39 is 27.7 Å². The Bertz CT molecular complexity index is 1830. The number of hydrogen-bond acceptors (Lipinski definition) is 5. The summed E-state index contributed by atoms with van der Waals surface area (Å²) in [6.45, 7) is 8.39.